The van der Waals surface area contributed by atoms with E-state index in [0.29, 0.717) is 12.8 Å². The normalized spacial score (nSPS) is 13.4. The Morgan fingerprint density at radius 1 is 1.29 bits per heavy atom. The van der Waals surface area contributed by atoms with Gasteiger partial charge in [0, 0.05) is 11.9 Å². The molecule has 0 amide bonds. The van der Waals surface area contributed by atoms with Crippen molar-refractivity contribution in [2.45, 2.75) is 44.3 Å². The smallest absolute Gasteiger partial charge is 0.748 e. The standard InChI is InChI=1S/C8H18O4S.K/c1-2-3-5-8(6-4-7-9)13(10,11)12;/h8-9H,2-7H2,1H3,(H,10,11,12);/q;+1/p-1. The van der Waals surface area contributed by atoms with Crippen molar-refractivity contribution in [1.29, 1.82) is 0 Å². The second-order valence-corrected chi connectivity index (χ2v) is 4.78. The minimum atomic E-state index is -4.17. The van der Waals surface area contributed by atoms with E-state index in [4.69, 9.17) is 5.11 Å². The van der Waals surface area contributed by atoms with E-state index in [1.807, 2.05) is 6.92 Å². The molecule has 0 aromatic heterocycles. The third kappa shape index (κ3) is 8.79. The maximum atomic E-state index is 10.7. The molecule has 0 aliphatic rings. The molecule has 0 aliphatic heterocycles. The first-order chi connectivity index (χ1) is 6.02. The molecule has 0 saturated carbocycles. The number of unbranched alkanes of at least 4 members (excludes halogenated alkanes) is 1. The first kappa shape index (κ1) is 17.9. The van der Waals surface area contributed by atoms with Crippen LogP contribution in [0.2, 0.25) is 0 Å². The third-order valence-electron chi connectivity index (χ3n) is 1.97. The molecule has 1 N–H and O–H groups in total. The van der Waals surface area contributed by atoms with Crippen LogP contribution in [0.25, 0.3) is 0 Å². The molecule has 4 nitrogen and oxygen atoms in total. The number of hydrogen-bond acceptors (Lipinski definition) is 4. The van der Waals surface area contributed by atoms with E-state index >= 15 is 0 Å². The van der Waals surface area contributed by atoms with Crippen LogP contribution < -0.4 is 51.4 Å². The molecule has 6 heteroatoms. The summed E-state index contributed by atoms with van der Waals surface area (Å²) in [6.07, 6.45) is 2.71. The van der Waals surface area contributed by atoms with Crippen LogP contribution in [0.4, 0.5) is 0 Å². The molecular formula is C8H17KO4S. The Morgan fingerprint density at radius 2 is 1.79 bits per heavy atom. The summed E-state index contributed by atoms with van der Waals surface area (Å²) in [5.74, 6) is 0. The zero-order valence-electron chi connectivity index (χ0n) is 8.90. The summed E-state index contributed by atoms with van der Waals surface area (Å²) in [7, 11) is -4.17. The molecule has 14 heavy (non-hydrogen) atoms. The largest absolute Gasteiger partial charge is 1.00 e. The van der Waals surface area contributed by atoms with Crippen LogP contribution in [0.15, 0.2) is 0 Å². The Bertz CT molecular complexity index is 207. The van der Waals surface area contributed by atoms with Crippen LogP contribution in [-0.4, -0.2) is 29.9 Å². The van der Waals surface area contributed by atoms with Gasteiger partial charge in [0.1, 0.15) is 0 Å². The van der Waals surface area contributed by atoms with Crippen molar-refractivity contribution in [3.05, 3.63) is 0 Å². The Kier molecular flexibility index (Phi) is 12.4. The summed E-state index contributed by atoms with van der Waals surface area (Å²) in [6, 6.07) is 0. The van der Waals surface area contributed by atoms with Crippen molar-refractivity contribution in [1.82, 2.24) is 0 Å². The Labute approximate surface area is 129 Å². The van der Waals surface area contributed by atoms with E-state index in [2.05, 4.69) is 0 Å². The summed E-state index contributed by atoms with van der Waals surface area (Å²) < 4.78 is 32.1. The number of aliphatic hydroxyl groups is 1. The van der Waals surface area contributed by atoms with Gasteiger partial charge >= 0.3 is 51.4 Å². The molecular weight excluding hydrogens is 231 g/mol. The van der Waals surface area contributed by atoms with Crippen molar-refractivity contribution >= 4 is 10.1 Å². The minimum absolute atomic E-state index is 0. The predicted molar refractivity (Wildman–Crippen MR) is 49.3 cm³/mol. The monoisotopic (exact) mass is 248 g/mol. The third-order valence-corrected chi connectivity index (χ3v) is 3.26. The van der Waals surface area contributed by atoms with E-state index in [-0.39, 0.29) is 64.4 Å². The summed E-state index contributed by atoms with van der Waals surface area (Å²) in [4.78, 5) is 0. The van der Waals surface area contributed by atoms with E-state index in [1.165, 1.54) is 0 Å². The quantitative estimate of drug-likeness (QED) is 0.412. The molecule has 0 rings (SSSR count). The Hall–Kier alpha value is 1.51. The van der Waals surface area contributed by atoms with Gasteiger partial charge in [0.25, 0.3) is 0 Å². The average molecular weight is 248 g/mol. The van der Waals surface area contributed by atoms with Crippen molar-refractivity contribution in [3.63, 3.8) is 0 Å². The van der Waals surface area contributed by atoms with Crippen molar-refractivity contribution in [3.8, 4) is 0 Å². The first-order valence-corrected chi connectivity index (χ1v) is 6.05. The van der Waals surface area contributed by atoms with Crippen LogP contribution in [0.1, 0.15) is 39.0 Å². The van der Waals surface area contributed by atoms with Gasteiger partial charge in [-0.1, -0.05) is 19.8 Å². The van der Waals surface area contributed by atoms with Gasteiger partial charge in [-0.15, -0.1) is 0 Å². The second-order valence-electron chi connectivity index (χ2n) is 3.12. The molecule has 80 valence electrons. The minimum Gasteiger partial charge on any atom is -0.748 e. The van der Waals surface area contributed by atoms with Gasteiger partial charge in [0.05, 0.1) is 10.1 Å². The van der Waals surface area contributed by atoms with E-state index in [1.54, 1.807) is 0 Å². The maximum Gasteiger partial charge on any atom is 1.00 e. The van der Waals surface area contributed by atoms with E-state index in [0.717, 1.165) is 12.8 Å². The molecule has 0 saturated heterocycles. The fraction of sp³-hybridized carbons (Fsp3) is 1.00. The summed E-state index contributed by atoms with van der Waals surface area (Å²) >= 11 is 0. The van der Waals surface area contributed by atoms with E-state index < -0.39 is 15.4 Å². The van der Waals surface area contributed by atoms with Crippen LogP contribution in [0.5, 0.6) is 0 Å². The fourth-order valence-electron chi connectivity index (χ4n) is 1.18. The Balaban J connectivity index is 0. The van der Waals surface area contributed by atoms with E-state index in [9.17, 15) is 13.0 Å². The van der Waals surface area contributed by atoms with Gasteiger partial charge in [-0.05, 0) is 19.3 Å². The molecule has 0 aromatic carbocycles. The topological polar surface area (TPSA) is 77.4 Å². The molecule has 1 unspecified atom stereocenters. The molecule has 0 heterocycles. The summed E-state index contributed by atoms with van der Waals surface area (Å²) in [5, 5.41) is 7.70. The van der Waals surface area contributed by atoms with Gasteiger partial charge < -0.3 is 9.66 Å². The van der Waals surface area contributed by atoms with Crippen molar-refractivity contribution in [2.24, 2.45) is 0 Å². The van der Waals surface area contributed by atoms with Crippen LogP contribution in [0, 0.1) is 0 Å². The fourth-order valence-corrected chi connectivity index (χ4v) is 2.09. The zero-order chi connectivity index (χ0) is 10.3. The van der Waals surface area contributed by atoms with Crippen molar-refractivity contribution in [2.75, 3.05) is 6.61 Å². The molecule has 0 aromatic rings. The number of aliphatic hydroxyl groups excluding tert-OH is 1. The second kappa shape index (κ2) is 9.71. The molecule has 0 bridgehead atoms. The first-order valence-electron chi connectivity index (χ1n) is 4.58. The molecule has 1 atom stereocenters. The summed E-state index contributed by atoms with van der Waals surface area (Å²) in [5.41, 5.74) is 0. The molecule has 0 radical (unpaired) electrons. The van der Waals surface area contributed by atoms with Gasteiger partial charge in [-0.3, -0.25) is 0 Å². The average Bonchev–Trinajstić information content (AvgIpc) is 2.02. The number of hydrogen-bond donors (Lipinski definition) is 1. The zero-order valence-corrected chi connectivity index (χ0v) is 12.8. The van der Waals surface area contributed by atoms with Gasteiger partial charge in [-0.25, -0.2) is 8.42 Å². The Morgan fingerprint density at radius 3 is 2.14 bits per heavy atom. The van der Waals surface area contributed by atoms with Crippen molar-refractivity contribution < 1.29 is 69.5 Å². The van der Waals surface area contributed by atoms with Gasteiger partial charge in [-0.2, -0.15) is 0 Å². The van der Waals surface area contributed by atoms with Crippen LogP contribution in [0.3, 0.4) is 0 Å². The summed E-state index contributed by atoms with van der Waals surface area (Å²) in [6.45, 7) is 1.89. The predicted octanol–water partition coefficient (Wildman–Crippen LogP) is -2.13. The van der Waals surface area contributed by atoms with Gasteiger partial charge in [0.2, 0.25) is 0 Å². The molecule has 0 aliphatic carbocycles. The SMILES string of the molecule is CCCCC(CCCO)S(=O)(=O)[O-].[K+]. The van der Waals surface area contributed by atoms with Gasteiger partial charge in [0.15, 0.2) is 0 Å². The molecule has 0 fully saturated rings. The maximum absolute atomic E-state index is 10.7. The molecule has 0 spiro atoms. The van der Waals surface area contributed by atoms with Crippen LogP contribution >= 0.6 is 0 Å². The number of rotatable bonds is 7. The van der Waals surface area contributed by atoms with Crippen LogP contribution in [-0.2, 0) is 10.1 Å².